The van der Waals surface area contributed by atoms with E-state index in [0.717, 1.165) is 32.0 Å². The second kappa shape index (κ2) is 9.13. The third-order valence-corrected chi connectivity index (χ3v) is 7.40. The Balaban J connectivity index is 1.30. The summed E-state index contributed by atoms with van der Waals surface area (Å²) in [7, 11) is 1.63. The van der Waals surface area contributed by atoms with Gasteiger partial charge in [-0.1, -0.05) is 59.4 Å². The number of aromatic nitrogens is 3. The van der Waals surface area contributed by atoms with Crippen molar-refractivity contribution in [2.24, 2.45) is 0 Å². The minimum atomic E-state index is -0.156. The highest BCUT2D eigenvalue weighted by atomic mass is 32.1. The van der Waals surface area contributed by atoms with Crippen LogP contribution in [-0.2, 0) is 11.4 Å². The predicted octanol–water partition coefficient (Wildman–Crippen LogP) is 5.85. The Morgan fingerprint density at radius 2 is 1.92 bits per heavy atom. The number of hydrogen-bond donors (Lipinski definition) is 1. The fourth-order valence-corrected chi connectivity index (χ4v) is 5.41. The summed E-state index contributed by atoms with van der Waals surface area (Å²) in [5, 5.41) is 8.32. The topological polar surface area (TPSA) is 78.3 Å². The summed E-state index contributed by atoms with van der Waals surface area (Å²) in [5.74, 6) is 1.73. The molecule has 3 aromatic carbocycles. The normalized spacial score (nSPS) is 14.9. The summed E-state index contributed by atoms with van der Waals surface area (Å²) in [4.78, 5) is 17.4. The molecule has 36 heavy (non-hydrogen) atoms. The Morgan fingerprint density at radius 1 is 1.08 bits per heavy atom. The molecule has 0 radical (unpaired) electrons. The SMILES string of the molecule is COc1cc(C2CC(=O)Nc3c2cnn3-c2nc3ccccc3s2)ccc1OCc1ccc(C)cc1. The van der Waals surface area contributed by atoms with Crippen LogP contribution in [0.4, 0.5) is 5.82 Å². The molecule has 0 saturated heterocycles. The molecule has 0 bridgehead atoms. The standard InChI is InChI=1S/C28H24N4O3S/c1-17-7-9-18(10-8-17)16-35-23-12-11-19(13-24(23)34-2)20-14-26(33)31-27-21(20)15-29-32(27)28-30-22-5-3-4-6-25(22)36-28/h3-13,15,20H,14,16H2,1-2H3,(H,31,33). The molecular formula is C28H24N4O3S. The third-order valence-electron chi connectivity index (χ3n) is 6.39. The molecule has 1 aliphatic rings. The second-order valence-electron chi connectivity index (χ2n) is 8.81. The maximum atomic E-state index is 12.7. The Hall–Kier alpha value is -4.17. The fourth-order valence-electron chi connectivity index (χ4n) is 4.48. The van der Waals surface area contributed by atoms with Crippen molar-refractivity contribution in [2.45, 2.75) is 25.9 Å². The summed E-state index contributed by atoms with van der Waals surface area (Å²) < 4.78 is 14.5. The van der Waals surface area contributed by atoms with Crippen molar-refractivity contribution in [3.63, 3.8) is 0 Å². The number of methoxy groups -OCH3 is 1. The first-order valence-corrected chi connectivity index (χ1v) is 12.5. The number of rotatable bonds is 6. The van der Waals surface area contributed by atoms with Crippen LogP contribution in [0.2, 0.25) is 0 Å². The van der Waals surface area contributed by atoms with E-state index in [-0.39, 0.29) is 11.8 Å². The molecule has 3 heterocycles. The van der Waals surface area contributed by atoms with Gasteiger partial charge < -0.3 is 14.8 Å². The van der Waals surface area contributed by atoms with E-state index in [1.54, 1.807) is 11.8 Å². The second-order valence-corrected chi connectivity index (χ2v) is 9.82. The zero-order valence-corrected chi connectivity index (χ0v) is 20.7. The molecule has 0 aliphatic carbocycles. The molecule has 8 heteroatoms. The lowest BCUT2D eigenvalue weighted by Crippen LogP contribution is -2.24. The molecule has 1 aliphatic heterocycles. The smallest absolute Gasteiger partial charge is 0.226 e. The zero-order chi connectivity index (χ0) is 24.6. The number of carbonyl (C=O) groups is 1. The van der Waals surface area contributed by atoms with Crippen molar-refractivity contribution >= 4 is 33.3 Å². The number of aryl methyl sites for hydroxylation is 1. The molecule has 1 unspecified atom stereocenters. The minimum absolute atomic E-state index is 0.0611. The summed E-state index contributed by atoms with van der Waals surface area (Å²) in [6.07, 6.45) is 2.14. The van der Waals surface area contributed by atoms with E-state index in [1.165, 1.54) is 16.9 Å². The van der Waals surface area contributed by atoms with Crippen LogP contribution in [0.5, 0.6) is 11.5 Å². The first-order valence-electron chi connectivity index (χ1n) is 11.7. The van der Waals surface area contributed by atoms with E-state index in [2.05, 4.69) is 41.6 Å². The molecule has 0 saturated carbocycles. The predicted molar refractivity (Wildman–Crippen MR) is 140 cm³/mol. The van der Waals surface area contributed by atoms with Crippen LogP contribution in [0, 0.1) is 6.92 Å². The van der Waals surface area contributed by atoms with Gasteiger partial charge in [-0.2, -0.15) is 9.78 Å². The number of para-hydroxylation sites is 1. The van der Waals surface area contributed by atoms with Gasteiger partial charge in [-0.15, -0.1) is 0 Å². The maximum Gasteiger partial charge on any atom is 0.226 e. The Kier molecular flexibility index (Phi) is 5.65. The molecule has 1 atom stereocenters. The van der Waals surface area contributed by atoms with E-state index in [4.69, 9.17) is 14.5 Å². The molecule has 0 spiro atoms. The molecule has 2 aromatic heterocycles. The van der Waals surface area contributed by atoms with Crippen molar-refractivity contribution in [3.8, 4) is 16.6 Å². The van der Waals surface area contributed by atoms with E-state index >= 15 is 0 Å². The first kappa shape index (κ1) is 22.3. The quantitative estimate of drug-likeness (QED) is 0.319. The lowest BCUT2D eigenvalue weighted by molar-refractivity contribution is -0.116. The zero-order valence-electron chi connectivity index (χ0n) is 19.9. The van der Waals surface area contributed by atoms with Crippen LogP contribution in [0.3, 0.4) is 0 Å². The number of anilines is 1. The van der Waals surface area contributed by atoms with Crippen molar-refractivity contribution < 1.29 is 14.3 Å². The summed E-state index contributed by atoms with van der Waals surface area (Å²) >= 11 is 1.54. The number of nitrogens with zero attached hydrogens (tertiary/aromatic N) is 3. The van der Waals surface area contributed by atoms with Gasteiger partial charge in [-0.05, 0) is 42.3 Å². The van der Waals surface area contributed by atoms with E-state index in [0.29, 0.717) is 30.3 Å². The van der Waals surface area contributed by atoms with Crippen molar-refractivity contribution in [1.82, 2.24) is 14.8 Å². The largest absolute Gasteiger partial charge is 0.493 e. The lowest BCUT2D eigenvalue weighted by atomic mass is 9.87. The lowest BCUT2D eigenvalue weighted by Gasteiger charge is -2.24. The molecule has 180 valence electrons. The highest BCUT2D eigenvalue weighted by Gasteiger charge is 2.31. The van der Waals surface area contributed by atoms with Gasteiger partial charge in [0.1, 0.15) is 12.4 Å². The molecule has 1 N–H and O–H groups in total. The van der Waals surface area contributed by atoms with Gasteiger partial charge in [-0.3, -0.25) is 4.79 Å². The van der Waals surface area contributed by atoms with Crippen LogP contribution >= 0.6 is 11.3 Å². The van der Waals surface area contributed by atoms with Crippen LogP contribution in [0.15, 0.2) is 72.9 Å². The van der Waals surface area contributed by atoms with Crippen molar-refractivity contribution in [3.05, 3.63) is 95.2 Å². The number of benzene rings is 3. The third kappa shape index (κ3) is 4.09. The molecule has 1 amide bonds. The number of nitrogens with one attached hydrogen (secondary N) is 1. The van der Waals surface area contributed by atoms with E-state index < -0.39 is 0 Å². The van der Waals surface area contributed by atoms with Gasteiger partial charge in [0.15, 0.2) is 11.5 Å². The average molecular weight is 497 g/mol. The minimum Gasteiger partial charge on any atom is -0.493 e. The number of hydrogen-bond acceptors (Lipinski definition) is 6. The van der Waals surface area contributed by atoms with Gasteiger partial charge >= 0.3 is 0 Å². The van der Waals surface area contributed by atoms with Crippen LogP contribution in [0.1, 0.15) is 34.6 Å². The van der Waals surface area contributed by atoms with Gasteiger partial charge in [-0.25, -0.2) is 4.98 Å². The fraction of sp³-hybridized carbons (Fsp3) is 0.179. The van der Waals surface area contributed by atoms with Crippen molar-refractivity contribution in [2.75, 3.05) is 12.4 Å². The summed E-state index contributed by atoms with van der Waals surface area (Å²) in [6, 6.07) is 22.1. The maximum absolute atomic E-state index is 12.7. The van der Waals surface area contributed by atoms with Gasteiger partial charge in [0.05, 0.1) is 23.5 Å². The first-order chi connectivity index (χ1) is 17.6. The van der Waals surface area contributed by atoms with Crippen LogP contribution in [0.25, 0.3) is 15.3 Å². The Morgan fingerprint density at radius 3 is 2.72 bits per heavy atom. The highest BCUT2D eigenvalue weighted by Crippen LogP contribution is 2.41. The number of ether oxygens (including phenoxy) is 2. The van der Waals surface area contributed by atoms with Crippen LogP contribution < -0.4 is 14.8 Å². The highest BCUT2D eigenvalue weighted by molar-refractivity contribution is 7.20. The molecule has 0 fully saturated rings. The average Bonchev–Trinajstić information content (AvgIpc) is 3.52. The monoisotopic (exact) mass is 496 g/mol. The molecular weight excluding hydrogens is 472 g/mol. The van der Waals surface area contributed by atoms with Crippen molar-refractivity contribution in [1.29, 1.82) is 0 Å². The van der Waals surface area contributed by atoms with E-state index in [1.807, 2.05) is 48.7 Å². The number of thiazole rings is 1. The summed E-state index contributed by atoms with van der Waals surface area (Å²) in [5.41, 5.74) is 5.12. The summed E-state index contributed by atoms with van der Waals surface area (Å²) in [6.45, 7) is 2.51. The van der Waals surface area contributed by atoms with Gasteiger partial charge in [0.2, 0.25) is 11.0 Å². The molecule has 5 aromatic rings. The number of carbonyl (C=O) groups excluding carboxylic acids is 1. The van der Waals surface area contributed by atoms with Gasteiger partial charge in [0, 0.05) is 17.9 Å². The van der Waals surface area contributed by atoms with Gasteiger partial charge in [0.25, 0.3) is 0 Å². The molecule has 7 nitrogen and oxygen atoms in total. The number of amides is 1. The van der Waals surface area contributed by atoms with Crippen LogP contribution in [-0.4, -0.2) is 27.8 Å². The number of fused-ring (bicyclic) bond motifs is 2. The van der Waals surface area contributed by atoms with E-state index in [9.17, 15) is 4.79 Å². The Bertz CT molecular complexity index is 1540. The molecule has 6 rings (SSSR count). The Labute approximate surface area is 212 Å².